The Hall–Kier alpha value is -2.24. The molecular weight excluding hydrogens is 248 g/mol. The van der Waals surface area contributed by atoms with E-state index in [0.29, 0.717) is 17.0 Å². The van der Waals surface area contributed by atoms with E-state index < -0.39 is 5.97 Å². The molecule has 0 aliphatic heterocycles. The van der Waals surface area contributed by atoms with Crippen LogP contribution >= 0.6 is 0 Å². The molecule has 0 unspecified atom stereocenters. The van der Waals surface area contributed by atoms with Crippen molar-refractivity contribution in [1.29, 1.82) is 0 Å². The van der Waals surface area contributed by atoms with Crippen LogP contribution in [0.4, 0.5) is 5.69 Å². The summed E-state index contributed by atoms with van der Waals surface area (Å²) in [4.78, 5) is 24.1. The van der Waals surface area contributed by atoms with E-state index in [1.165, 1.54) is 18.1 Å². The summed E-state index contributed by atoms with van der Waals surface area (Å²) in [7, 11) is 4.67. The minimum absolute atomic E-state index is 0.0234. The van der Waals surface area contributed by atoms with E-state index in [4.69, 9.17) is 10.5 Å². The monoisotopic (exact) mass is 266 g/mol. The fourth-order valence-electron chi connectivity index (χ4n) is 1.40. The summed E-state index contributed by atoms with van der Waals surface area (Å²) in [6.07, 6.45) is 0.269. The highest BCUT2D eigenvalue weighted by atomic mass is 16.5. The fourth-order valence-corrected chi connectivity index (χ4v) is 1.40. The minimum Gasteiger partial charge on any atom is -0.491 e. The zero-order valence-corrected chi connectivity index (χ0v) is 11.3. The maximum atomic E-state index is 11.4. The molecule has 0 aromatic heterocycles. The van der Waals surface area contributed by atoms with Crippen LogP contribution in [-0.2, 0) is 9.53 Å². The summed E-state index contributed by atoms with van der Waals surface area (Å²) in [5, 5.41) is 0. The quantitative estimate of drug-likeness (QED) is 0.633. The Morgan fingerprint density at radius 3 is 2.53 bits per heavy atom. The van der Waals surface area contributed by atoms with Crippen molar-refractivity contribution in [2.24, 2.45) is 0 Å². The first-order chi connectivity index (χ1) is 8.95. The highest BCUT2D eigenvalue weighted by Gasteiger charge is 2.09. The molecular formula is C13H18N2O4. The fraction of sp³-hybridized carbons (Fsp3) is 0.385. The third-order valence-electron chi connectivity index (χ3n) is 2.50. The Bertz CT molecular complexity index is 472. The van der Waals surface area contributed by atoms with E-state index in [1.54, 1.807) is 26.2 Å². The van der Waals surface area contributed by atoms with E-state index in [9.17, 15) is 9.59 Å². The van der Waals surface area contributed by atoms with Crippen molar-refractivity contribution >= 4 is 17.6 Å². The van der Waals surface area contributed by atoms with Gasteiger partial charge in [0.05, 0.1) is 31.4 Å². The molecule has 0 bridgehead atoms. The van der Waals surface area contributed by atoms with Crippen molar-refractivity contribution in [3.8, 4) is 5.75 Å². The first-order valence-corrected chi connectivity index (χ1v) is 5.76. The van der Waals surface area contributed by atoms with Crippen molar-refractivity contribution in [3.05, 3.63) is 23.8 Å². The van der Waals surface area contributed by atoms with Crippen LogP contribution in [0.2, 0.25) is 0 Å². The molecule has 0 atom stereocenters. The number of methoxy groups -OCH3 is 1. The van der Waals surface area contributed by atoms with Crippen molar-refractivity contribution in [1.82, 2.24) is 4.90 Å². The molecule has 2 N–H and O–H groups in total. The van der Waals surface area contributed by atoms with Gasteiger partial charge in [-0.25, -0.2) is 4.79 Å². The Morgan fingerprint density at radius 1 is 1.32 bits per heavy atom. The number of rotatable bonds is 5. The number of nitrogens with two attached hydrogens (primary N) is 1. The molecule has 0 fully saturated rings. The van der Waals surface area contributed by atoms with Gasteiger partial charge in [0.1, 0.15) is 5.75 Å². The van der Waals surface area contributed by atoms with Gasteiger partial charge >= 0.3 is 5.97 Å². The molecule has 1 aromatic carbocycles. The number of amides is 1. The number of hydrogen-bond donors (Lipinski definition) is 1. The van der Waals surface area contributed by atoms with E-state index in [1.807, 2.05) is 0 Å². The summed E-state index contributed by atoms with van der Waals surface area (Å²) in [5.41, 5.74) is 6.45. The normalized spacial score (nSPS) is 9.84. The predicted molar refractivity (Wildman–Crippen MR) is 71.0 cm³/mol. The molecule has 0 aliphatic rings. The lowest BCUT2D eigenvalue weighted by atomic mass is 10.2. The summed E-state index contributed by atoms with van der Waals surface area (Å²) < 4.78 is 9.99. The summed E-state index contributed by atoms with van der Waals surface area (Å²) in [5.74, 6) is -0.0370. The number of carbonyl (C=O) groups is 2. The van der Waals surface area contributed by atoms with Gasteiger partial charge in [-0.05, 0) is 18.2 Å². The lowest BCUT2D eigenvalue weighted by Gasteiger charge is -2.12. The molecule has 6 heteroatoms. The number of ether oxygens (including phenoxy) is 2. The molecule has 1 aromatic rings. The van der Waals surface area contributed by atoms with Gasteiger partial charge in [-0.15, -0.1) is 0 Å². The van der Waals surface area contributed by atoms with E-state index >= 15 is 0 Å². The second-order valence-corrected chi connectivity index (χ2v) is 4.13. The maximum absolute atomic E-state index is 11.4. The average molecular weight is 266 g/mol. The molecule has 104 valence electrons. The Labute approximate surface area is 112 Å². The molecule has 0 heterocycles. The third-order valence-corrected chi connectivity index (χ3v) is 2.50. The zero-order chi connectivity index (χ0) is 14.4. The summed E-state index contributed by atoms with van der Waals surface area (Å²) >= 11 is 0. The van der Waals surface area contributed by atoms with Gasteiger partial charge in [-0.1, -0.05) is 0 Å². The van der Waals surface area contributed by atoms with Crippen LogP contribution in [0.1, 0.15) is 16.8 Å². The van der Waals surface area contributed by atoms with Crippen molar-refractivity contribution in [3.63, 3.8) is 0 Å². The van der Waals surface area contributed by atoms with Crippen LogP contribution in [0.3, 0.4) is 0 Å². The molecule has 1 rings (SSSR count). The molecule has 0 aliphatic carbocycles. The van der Waals surface area contributed by atoms with E-state index in [-0.39, 0.29) is 18.9 Å². The van der Waals surface area contributed by atoms with Crippen LogP contribution in [0.15, 0.2) is 18.2 Å². The standard InChI is InChI=1S/C13H18N2O4/c1-15(2)12(16)6-7-19-11-5-4-9(8-10(11)14)13(17)18-3/h4-5,8H,6-7,14H2,1-3H3. The second kappa shape index (κ2) is 6.63. The molecule has 0 radical (unpaired) electrons. The molecule has 1 amide bonds. The van der Waals surface area contributed by atoms with Gasteiger partial charge in [0, 0.05) is 14.1 Å². The van der Waals surface area contributed by atoms with Crippen LogP contribution < -0.4 is 10.5 Å². The smallest absolute Gasteiger partial charge is 0.337 e. The molecule has 6 nitrogen and oxygen atoms in total. The van der Waals surface area contributed by atoms with Crippen LogP contribution in [0, 0.1) is 0 Å². The Kier molecular flexibility index (Phi) is 5.17. The number of carbonyl (C=O) groups excluding carboxylic acids is 2. The molecule has 0 spiro atoms. The maximum Gasteiger partial charge on any atom is 0.337 e. The highest BCUT2D eigenvalue weighted by molar-refractivity contribution is 5.90. The summed E-state index contributed by atoms with van der Waals surface area (Å²) in [6, 6.07) is 4.63. The minimum atomic E-state index is -0.457. The first kappa shape index (κ1) is 14.8. The second-order valence-electron chi connectivity index (χ2n) is 4.13. The largest absolute Gasteiger partial charge is 0.491 e. The van der Waals surface area contributed by atoms with Gasteiger partial charge < -0.3 is 20.1 Å². The highest BCUT2D eigenvalue weighted by Crippen LogP contribution is 2.23. The number of benzene rings is 1. The van der Waals surface area contributed by atoms with Crippen LogP contribution in [-0.4, -0.2) is 44.6 Å². The number of hydrogen-bond acceptors (Lipinski definition) is 5. The summed E-state index contributed by atoms with van der Waals surface area (Å²) in [6.45, 7) is 0.235. The van der Waals surface area contributed by atoms with Crippen molar-refractivity contribution in [2.75, 3.05) is 33.5 Å². The van der Waals surface area contributed by atoms with Gasteiger partial charge in [0.25, 0.3) is 0 Å². The molecule has 0 saturated heterocycles. The Morgan fingerprint density at radius 2 is 2.00 bits per heavy atom. The zero-order valence-electron chi connectivity index (χ0n) is 11.3. The van der Waals surface area contributed by atoms with Gasteiger partial charge in [-0.2, -0.15) is 0 Å². The lowest BCUT2D eigenvalue weighted by molar-refractivity contribution is -0.129. The lowest BCUT2D eigenvalue weighted by Crippen LogP contribution is -2.23. The van der Waals surface area contributed by atoms with Gasteiger partial charge in [0.15, 0.2) is 0 Å². The van der Waals surface area contributed by atoms with Gasteiger partial charge in [0.2, 0.25) is 5.91 Å². The van der Waals surface area contributed by atoms with Crippen LogP contribution in [0.5, 0.6) is 5.75 Å². The molecule has 0 saturated carbocycles. The topological polar surface area (TPSA) is 81.9 Å². The Balaban J connectivity index is 2.61. The van der Waals surface area contributed by atoms with Crippen LogP contribution in [0.25, 0.3) is 0 Å². The van der Waals surface area contributed by atoms with Gasteiger partial charge in [-0.3, -0.25) is 4.79 Å². The van der Waals surface area contributed by atoms with E-state index in [2.05, 4.69) is 4.74 Å². The number of anilines is 1. The third kappa shape index (κ3) is 4.17. The number of esters is 1. The van der Waals surface area contributed by atoms with Crippen molar-refractivity contribution < 1.29 is 19.1 Å². The first-order valence-electron chi connectivity index (χ1n) is 5.76. The molecule has 19 heavy (non-hydrogen) atoms. The SMILES string of the molecule is COC(=O)c1ccc(OCCC(=O)N(C)C)c(N)c1. The predicted octanol–water partition coefficient (Wildman–Crippen LogP) is 0.912. The average Bonchev–Trinajstić information content (AvgIpc) is 2.39. The van der Waals surface area contributed by atoms with E-state index in [0.717, 1.165) is 0 Å². The number of nitrogens with zero attached hydrogens (tertiary/aromatic N) is 1. The van der Waals surface area contributed by atoms with Crippen molar-refractivity contribution in [2.45, 2.75) is 6.42 Å². The number of nitrogen functional groups attached to an aromatic ring is 1.